The van der Waals surface area contributed by atoms with E-state index in [1.165, 1.54) is 0 Å². The van der Waals surface area contributed by atoms with Crippen LogP contribution >= 0.6 is 0 Å². The van der Waals surface area contributed by atoms with Crippen LogP contribution in [-0.4, -0.2) is 35.1 Å². The maximum absolute atomic E-state index is 12.3. The molecule has 1 aromatic carbocycles. The lowest BCUT2D eigenvalue weighted by atomic mass is 10.0. The first-order chi connectivity index (χ1) is 8.08. The Labute approximate surface area is 101 Å². The summed E-state index contributed by atoms with van der Waals surface area (Å²) in [4.78, 5) is 14.0. The number of aryl methyl sites for hydroxylation is 1. The third-order valence-corrected chi connectivity index (χ3v) is 3.18. The molecule has 1 aliphatic rings. The Hall–Kier alpha value is -1.55. The summed E-state index contributed by atoms with van der Waals surface area (Å²) in [7, 11) is 0. The lowest BCUT2D eigenvalue weighted by Gasteiger charge is -2.30. The summed E-state index contributed by atoms with van der Waals surface area (Å²) in [5.74, 6) is -0.0337. The zero-order chi connectivity index (χ0) is 12.4. The highest BCUT2D eigenvalue weighted by molar-refractivity contribution is 5.96. The van der Waals surface area contributed by atoms with E-state index in [9.17, 15) is 9.90 Å². The van der Waals surface area contributed by atoms with Gasteiger partial charge in [-0.25, -0.2) is 0 Å². The van der Waals surface area contributed by atoms with Crippen molar-refractivity contribution >= 4 is 11.6 Å². The van der Waals surface area contributed by atoms with E-state index in [1.54, 1.807) is 17.0 Å². The third-order valence-electron chi connectivity index (χ3n) is 3.18. The zero-order valence-corrected chi connectivity index (χ0v) is 10.0. The van der Waals surface area contributed by atoms with Gasteiger partial charge in [-0.2, -0.15) is 0 Å². The molecule has 1 heterocycles. The number of β-amino-alcohol motifs (C(OH)–C–C–N with tert-alkyl or cyclic N) is 1. The average Bonchev–Trinajstić information content (AvgIpc) is 2.31. The molecule has 0 aliphatic carbocycles. The molecule has 3 N–H and O–H groups in total. The second kappa shape index (κ2) is 4.75. The Morgan fingerprint density at radius 3 is 3.00 bits per heavy atom. The summed E-state index contributed by atoms with van der Waals surface area (Å²) in [6.45, 7) is 3.03. The first-order valence-electron chi connectivity index (χ1n) is 5.91. The molecular weight excluding hydrogens is 216 g/mol. The average molecular weight is 234 g/mol. The molecule has 1 unspecified atom stereocenters. The van der Waals surface area contributed by atoms with Crippen LogP contribution in [0.5, 0.6) is 0 Å². The molecule has 4 nitrogen and oxygen atoms in total. The number of rotatable bonds is 1. The van der Waals surface area contributed by atoms with Crippen molar-refractivity contribution in [2.24, 2.45) is 0 Å². The van der Waals surface area contributed by atoms with Crippen LogP contribution in [0.1, 0.15) is 28.8 Å². The van der Waals surface area contributed by atoms with Gasteiger partial charge in [0.25, 0.3) is 5.91 Å². The Bertz CT molecular complexity index is 431. The second-order valence-electron chi connectivity index (χ2n) is 4.62. The van der Waals surface area contributed by atoms with Crippen LogP contribution in [0.2, 0.25) is 0 Å². The molecule has 1 saturated heterocycles. The van der Waals surface area contributed by atoms with Crippen LogP contribution in [-0.2, 0) is 0 Å². The van der Waals surface area contributed by atoms with Crippen LogP contribution in [0.25, 0.3) is 0 Å². The number of hydrogen-bond donors (Lipinski definition) is 2. The monoisotopic (exact) mass is 234 g/mol. The number of aliphatic hydroxyl groups is 1. The fourth-order valence-electron chi connectivity index (χ4n) is 2.18. The zero-order valence-electron chi connectivity index (χ0n) is 10.0. The highest BCUT2D eigenvalue weighted by Gasteiger charge is 2.23. The minimum absolute atomic E-state index is 0.0337. The molecule has 1 amide bonds. The maximum atomic E-state index is 12.3. The van der Waals surface area contributed by atoms with Gasteiger partial charge in [0, 0.05) is 24.3 Å². The molecule has 1 aromatic rings. The van der Waals surface area contributed by atoms with Crippen LogP contribution < -0.4 is 5.73 Å². The van der Waals surface area contributed by atoms with Crippen LogP contribution in [0, 0.1) is 6.92 Å². The van der Waals surface area contributed by atoms with E-state index < -0.39 is 6.10 Å². The highest BCUT2D eigenvalue weighted by Crippen LogP contribution is 2.18. The first kappa shape index (κ1) is 11.9. The van der Waals surface area contributed by atoms with Crippen molar-refractivity contribution in [1.82, 2.24) is 4.90 Å². The number of nitrogens with zero attached hydrogens (tertiary/aromatic N) is 1. The minimum atomic E-state index is -0.394. The van der Waals surface area contributed by atoms with E-state index in [2.05, 4.69) is 0 Å². The molecule has 0 aromatic heterocycles. The second-order valence-corrected chi connectivity index (χ2v) is 4.62. The highest BCUT2D eigenvalue weighted by atomic mass is 16.3. The van der Waals surface area contributed by atoms with E-state index in [-0.39, 0.29) is 5.91 Å². The molecule has 0 saturated carbocycles. The fraction of sp³-hybridized carbons (Fsp3) is 0.462. The van der Waals surface area contributed by atoms with Crippen molar-refractivity contribution in [3.63, 3.8) is 0 Å². The summed E-state index contributed by atoms with van der Waals surface area (Å²) >= 11 is 0. The molecule has 92 valence electrons. The summed E-state index contributed by atoms with van der Waals surface area (Å²) in [5.41, 5.74) is 7.85. The lowest BCUT2D eigenvalue weighted by Crippen LogP contribution is -2.42. The fourth-order valence-corrected chi connectivity index (χ4v) is 2.18. The molecule has 0 radical (unpaired) electrons. The van der Waals surface area contributed by atoms with E-state index in [4.69, 9.17) is 5.73 Å². The summed E-state index contributed by atoms with van der Waals surface area (Å²) in [6, 6.07) is 5.35. The lowest BCUT2D eigenvalue weighted by molar-refractivity contribution is 0.0473. The number of likely N-dealkylation sites (tertiary alicyclic amines) is 1. The van der Waals surface area contributed by atoms with Crippen molar-refractivity contribution in [3.8, 4) is 0 Å². The predicted molar refractivity (Wildman–Crippen MR) is 66.7 cm³/mol. The van der Waals surface area contributed by atoms with Gasteiger partial charge < -0.3 is 15.7 Å². The van der Waals surface area contributed by atoms with Crippen molar-refractivity contribution in [2.75, 3.05) is 18.8 Å². The van der Waals surface area contributed by atoms with Gasteiger partial charge in [-0.1, -0.05) is 6.07 Å². The molecule has 2 rings (SSSR count). The molecular formula is C13H18N2O2. The number of piperidine rings is 1. The number of carbonyl (C=O) groups excluding carboxylic acids is 1. The van der Waals surface area contributed by atoms with E-state index in [0.717, 1.165) is 18.4 Å². The van der Waals surface area contributed by atoms with Gasteiger partial charge >= 0.3 is 0 Å². The third kappa shape index (κ3) is 2.58. The molecule has 1 atom stereocenters. The summed E-state index contributed by atoms with van der Waals surface area (Å²) in [6.07, 6.45) is 1.24. The predicted octanol–water partition coefficient (Wildman–Crippen LogP) is 1.17. The van der Waals surface area contributed by atoms with Crippen molar-refractivity contribution in [1.29, 1.82) is 0 Å². The molecule has 0 spiro atoms. The Kier molecular flexibility index (Phi) is 3.33. The summed E-state index contributed by atoms with van der Waals surface area (Å²) in [5, 5.41) is 9.58. The topological polar surface area (TPSA) is 66.6 Å². The van der Waals surface area contributed by atoms with Crippen molar-refractivity contribution in [2.45, 2.75) is 25.9 Å². The smallest absolute Gasteiger partial charge is 0.254 e. The minimum Gasteiger partial charge on any atom is -0.399 e. The largest absolute Gasteiger partial charge is 0.399 e. The first-order valence-corrected chi connectivity index (χ1v) is 5.91. The molecule has 17 heavy (non-hydrogen) atoms. The number of anilines is 1. The molecule has 1 aliphatic heterocycles. The quantitative estimate of drug-likeness (QED) is 0.717. The normalized spacial score (nSPS) is 20.4. The maximum Gasteiger partial charge on any atom is 0.254 e. The van der Waals surface area contributed by atoms with E-state index in [0.29, 0.717) is 24.3 Å². The van der Waals surface area contributed by atoms with Crippen molar-refractivity contribution < 1.29 is 9.90 Å². The van der Waals surface area contributed by atoms with Crippen LogP contribution in [0.4, 0.5) is 5.69 Å². The number of nitrogen functional groups attached to an aromatic ring is 1. The van der Waals surface area contributed by atoms with E-state index in [1.807, 2.05) is 13.0 Å². The Balaban J connectivity index is 2.21. The number of hydrogen-bond acceptors (Lipinski definition) is 3. The van der Waals surface area contributed by atoms with Gasteiger partial charge in [-0.15, -0.1) is 0 Å². The van der Waals surface area contributed by atoms with Crippen LogP contribution in [0.15, 0.2) is 18.2 Å². The Morgan fingerprint density at radius 2 is 2.29 bits per heavy atom. The Morgan fingerprint density at radius 1 is 1.53 bits per heavy atom. The number of nitrogens with two attached hydrogens (primary N) is 1. The van der Waals surface area contributed by atoms with Gasteiger partial charge in [0.05, 0.1) is 6.10 Å². The number of aliphatic hydroxyl groups excluding tert-OH is 1. The van der Waals surface area contributed by atoms with E-state index >= 15 is 0 Å². The summed E-state index contributed by atoms with van der Waals surface area (Å²) < 4.78 is 0. The van der Waals surface area contributed by atoms with Gasteiger partial charge in [0.1, 0.15) is 0 Å². The van der Waals surface area contributed by atoms with Crippen LogP contribution in [0.3, 0.4) is 0 Å². The SMILES string of the molecule is Cc1ccc(N)cc1C(=O)N1CCCC(O)C1. The number of amides is 1. The van der Waals surface area contributed by atoms with Gasteiger partial charge in [0.15, 0.2) is 0 Å². The van der Waals surface area contributed by atoms with Gasteiger partial charge in [-0.3, -0.25) is 4.79 Å². The number of carbonyl (C=O) groups is 1. The molecule has 1 fully saturated rings. The van der Waals surface area contributed by atoms with Gasteiger partial charge in [-0.05, 0) is 37.5 Å². The standard InChI is InChI=1S/C13H18N2O2/c1-9-4-5-10(14)7-12(9)13(17)15-6-2-3-11(16)8-15/h4-5,7,11,16H,2-3,6,8,14H2,1H3. The molecule has 4 heteroatoms. The van der Waals surface area contributed by atoms with Crippen molar-refractivity contribution in [3.05, 3.63) is 29.3 Å². The number of benzene rings is 1. The molecule has 0 bridgehead atoms. The van der Waals surface area contributed by atoms with Gasteiger partial charge in [0.2, 0.25) is 0 Å².